The SMILES string of the molecule is COc1ccccc1CCC1(C)CCCCN1. The van der Waals surface area contributed by atoms with Crippen LogP contribution in [0, 0.1) is 0 Å². The number of benzene rings is 1. The van der Waals surface area contributed by atoms with E-state index < -0.39 is 0 Å². The van der Waals surface area contributed by atoms with E-state index in [2.05, 4.69) is 24.4 Å². The minimum atomic E-state index is 0.319. The molecule has 0 aliphatic carbocycles. The Morgan fingerprint density at radius 2 is 2.12 bits per heavy atom. The second-order valence-electron chi connectivity index (χ2n) is 5.26. The summed E-state index contributed by atoms with van der Waals surface area (Å²) in [6.45, 7) is 3.52. The van der Waals surface area contributed by atoms with E-state index in [1.165, 1.54) is 37.8 Å². The van der Waals surface area contributed by atoms with Crippen molar-refractivity contribution in [1.82, 2.24) is 5.32 Å². The van der Waals surface area contributed by atoms with Gasteiger partial charge in [-0.15, -0.1) is 0 Å². The molecular formula is C15H23NO. The van der Waals surface area contributed by atoms with Crippen LogP contribution in [-0.2, 0) is 6.42 Å². The molecule has 1 unspecified atom stereocenters. The van der Waals surface area contributed by atoms with Crippen molar-refractivity contribution >= 4 is 0 Å². The molecule has 1 aromatic carbocycles. The number of hydrogen-bond acceptors (Lipinski definition) is 2. The van der Waals surface area contributed by atoms with Crippen LogP contribution in [0.2, 0.25) is 0 Å². The fourth-order valence-corrected chi connectivity index (χ4v) is 2.65. The molecule has 94 valence electrons. The Kier molecular flexibility index (Phi) is 4.06. The molecule has 0 spiro atoms. The summed E-state index contributed by atoms with van der Waals surface area (Å²) in [5.74, 6) is 1.02. The number of nitrogens with one attached hydrogen (secondary N) is 1. The maximum absolute atomic E-state index is 5.40. The van der Waals surface area contributed by atoms with E-state index in [0.717, 1.165) is 12.2 Å². The molecule has 1 aromatic rings. The lowest BCUT2D eigenvalue weighted by atomic mass is 9.85. The first-order valence-electron chi connectivity index (χ1n) is 6.60. The Labute approximate surface area is 104 Å². The van der Waals surface area contributed by atoms with Gasteiger partial charge in [0.1, 0.15) is 5.75 Å². The van der Waals surface area contributed by atoms with Gasteiger partial charge in [-0.05, 0) is 50.8 Å². The molecular weight excluding hydrogens is 210 g/mol. The predicted octanol–water partition coefficient (Wildman–Crippen LogP) is 3.16. The molecule has 0 bridgehead atoms. The topological polar surface area (TPSA) is 21.3 Å². The van der Waals surface area contributed by atoms with Gasteiger partial charge in [0.05, 0.1) is 7.11 Å². The first-order valence-corrected chi connectivity index (χ1v) is 6.60. The van der Waals surface area contributed by atoms with Crippen LogP contribution < -0.4 is 10.1 Å². The molecule has 1 saturated heterocycles. The number of piperidine rings is 1. The Balaban J connectivity index is 1.96. The lowest BCUT2D eigenvalue weighted by Gasteiger charge is -2.35. The summed E-state index contributed by atoms with van der Waals surface area (Å²) in [6, 6.07) is 8.34. The summed E-state index contributed by atoms with van der Waals surface area (Å²) in [5.41, 5.74) is 1.64. The highest BCUT2D eigenvalue weighted by atomic mass is 16.5. The zero-order valence-electron chi connectivity index (χ0n) is 11.0. The van der Waals surface area contributed by atoms with E-state index in [1.54, 1.807) is 7.11 Å². The van der Waals surface area contributed by atoms with Crippen molar-refractivity contribution in [2.45, 2.75) is 44.6 Å². The molecule has 2 heteroatoms. The molecule has 1 atom stereocenters. The number of aryl methyl sites for hydroxylation is 1. The quantitative estimate of drug-likeness (QED) is 0.862. The van der Waals surface area contributed by atoms with E-state index in [-0.39, 0.29) is 0 Å². The van der Waals surface area contributed by atoms with E-state index in [0.29, 0.717) is 5.54 Å². The fourth-order valence-electron chi connectivity index (χ4n) is 2.65. The third-order valence-electron chi connectivity index (χ3n) is 3.85. The van der Waals surface area contributed by atoms with Crippen LogP contribution in [0.4, 0.5) is 0 Å². The van der Waals surface area contributed by atoms with Crippen LogP contribution in [-0.4, -0.2) is 19.2 Å². The van der Waals surface area contributed by atoms with Gasteiger partial charge in [-0.1, -0.05) is 24.6 Å². The molecule has 0 aromatic heterocycles. The van der Waals surface area contributed by atoms with E-state index in [1.807, 2.05) is 12.1 Å². The van der Waals surface area contributed by atoms with Crippen LogP contribution in [0.5, 0.6) is 5.75 Å². The van der Waals surface area contributed by atoms with Gasteiger partial charge in [0.2, 0.25) is 0 Å². The van der Waals surface area contributed by atoms with Crippen molar-refractivity contribution in [2.24, 2.45) is 0 Å². The average molecular weight is 233 g/mol. The van der Waals surface area contributed by atoms with Gasteiger partial charge >= 0.3 is 0 Å². The Bertz CT molecular complexity index is 356. The highest BCUT2D eigenvalue weighted by Gasteiger charge is 2.25. The van der Waals surface area contributed by atoms with Gasteiger partial charge < -0.3 is 10.1 Å². The molecule has 2 nitrogen and oxygen atoms in total. The summed E-state index contributed by atoms with van der Waals surface area (Å²) >= 11 is 0. The monoisotopic (exact) mass is 233 g/mol. The normalized spacial score (nSPS) is 24.6. The third-order valence-corrected chi connectivity index (χ3v) is 3.85. The first kappa shape index (κ1) is 12.4. The van der Waals surface area contributed by atoms with Gasteiger partial charge in [-0.25, -0.2) is 0 Å². The lowest BCUT2D eigenvalue weighted by molar-refractivity contribution is 0.260. The lowest BCUT2D eigenvalue weighted by Crippen LogP contribution is -2.46. The molecule has 1 N–H and O–H groups in total. The third kappa shape index (κ3) is 3.22. The molecule has 1 fully saturated rings. The van der Waals surface area contributed by atoms with E-state index >= 15 is 0 Å². The second-order valence-corrected chi connectivity index (χ2v) is 5.26. The van der Waals surface area contributed by atoms with Crippen molar-refractivity contribution in [2.75, 3.05) is 13.7 Å². The number of hydrogen-bond donors (Lipinski definition) is 1. The molecule has 0 amide bonds. The molecule has 0 radical (unpaired) electrons. The maximum Gasteiger partial charge on any atom is 0.122 e. The zero-order chi connectivity index (χ0) is 12.1. The van der Waals surface area contributed by atoms with Gasteiger partial charge in [0.15, 0.2) is 0 Å². The Morgan fingerprint density at radius 1 is 1.29 bits per heavy atom. The Hall–Kier alpha value is -1.02. The smallest absolute Gasteiger partial charge is 0.122 e. The van der Waals surface area contributed by atoms with Gasteiger partial charge in [-0.2, -0.15) is 0 Å². The van der Waals surface area contributed by atoms with Crippen molar-refractivity contribution in [3.05, 3.63) is 29.8 Å². The fraction of sp³-hybridized carbons (Fsp3) is 0.600. The largest absolute Gasteiger partial charge is 0.496 e. The van der Waals surface area contributed by atoms with Crippen LogP contribution >= 0.6 is 0 Å². The van der Waals surface area contributed by atoms with Gasteiger partial charge in [-0.3, -0.25) is 0 Å². The summed E-state index contributed by atoms with van der Waals surface area (Å²) < 4.78 is 5.40. The zero-order valence-corrected chi connectivity index (χ0v) is 11.0. The number of rotatable bonds is 4. The number of ether oxygens (including phenoxy) is 1. The van der Waals surface area contributed by atoms with Crippen LogP contribution in [0.1, 0.15) is 38.2 Å². The van der Waals surface area contributed by atoms with Crippen LogP contribution in [0.15, 0.2) is 24.3 Å². The van der Waals surface area contributed by atoms with Crippen molar-refractivity contribution in [3.63, 3.8) is 0 Å². The Morgan fingerprint density at radius 3 is 2.82 bits per heavy atom. The van der Waals surface area contributed by atoms with Crippen molar-refractivity contribution in [3.8, 4) is 5.75 Å². The molecule has 1 aliphatic heterocycles. The number of methoxy groups -OCH3 is 1. The van der Waals surface area contributed by atoms with Gasteiger partial charge in [0, 0.05) is 5.54 Å². The second kappa shape index (κ2) is 5.54. The van der Waals surface area contributed by atoms with Crippen molar-refractivity contribution in [1.29, 1.82) is 0 Å². The van der Waals surface area contributed by atoms with Crippen LogP contribution in [0.25, 0.3) is 0 Å². The number of para-hydroxylation sites is 1. The highest BCUT2D eigenvalue weighted by molar-refractivity contribution is 5.33. The van der Waals surface area contributed by atoms with Crippen LogP contribution in [0.3, 0.4) is 0 Å². The first-order chi connectivity index (χ1) is 8.23. The maximum atomic E-state index is 5.40. The van der Waals surface area contributed by atoms with Gasteiger partial charge in [0.25, 0.3) is 0 Å². The predicted molar refractivity (Wildman–Crippen MR) is 71.6 cm³/mol. The standard InChI is InChI=1S/C15H23NO/c1-15(10-5-6-12-16-15)11-9-13-7-3-4-8-14(13)17-2/h3-4,7-8,16H,5-6,9-12H2,1-2H3. The minimum absolute atomic E-state index is 0.319. The molecule has 1 heterocycles. The average Bonchev–Trinajstić information content (AvgIpc) is 2.38. The minimum Gasteiger partial charge on any atom is -0.496 e. The molecule has 2 rings (SSSR count). The molecule has 17 heavy (non-hydrogen) atoms. The summed E-state index contributed by atoms with van der Waals surface area (Å²) in [6.07, 6.45) is 6.25. The summed E-state index contributed by atoms with van der Waals surface area (Å²) in [4.78, 5) is 0. The van der Waals surface area contributed by atoms with E-state index in [9.17, 15) is 0 Å². The van der Waals surface area contributed by atoms with E-state index in [4.69, 9.17) is 4.74 Å². The molecule has 0 saturated carbocycles. The summed E-state index contributed by atoms with van der Waals surface area (Å²) in [5, 5.41) is 3.66. The summed E-state index contributed by atoms with van der Waals surface area (Å²) in [7, 11) is 1.75. The highest BCUT2D eigenvalue weighted by Crippen LogP contribution is 2.26. The molecule has 1 aliphatic rings. The van der Waals surface area contributed by atoms with Crippen molar-refractivity contribution < 1.29 is 4.74 Å².